The number of hydrogen-bond donors (Lipinski definition) is 1. The Hall–Kier alpha value is -0.870. The molecule has 0 bridgehead atoms. The number of ether oxygens (including phenoxy) is 1. The molecule has 0 aliphatic heterocycles. The highest BCUT2D eigenvalue weighted by molar-refractivity contribution is 5.10. The van der Waals surface area contributed by atoms with Crippen molar-refractivity contribution in [3.05, 3.63) is 18.2 Å². The molecule has 1 atom stereocenters. The third-order valence-electron chi connectivity index (χ3n) is 4.29. The molecule has 4 heteroatoms. The van der Waals surface area contributed by atoms with Crippen molar-refractivity contribution >= 4 is 0 Å². The van der Waals surface area contributed by atoms with Crippen LogP contribution in [0.2, 0.25) is 0 Å². The Bertz CT molecular complexity index is 396. The largest absolute Gasteiger partial charge is 0.373 e. The molecule has 0 aromatic carbocycles. The predicted molar refractivity (Wildman–Crippen MR) is 81.8 cm³/mol. The highest BCUT2D eigenvalue weighted by atomic mass is 16.5. The first-order valence-electron chi connectivity index (χ1n) is 8.15. The van der Waals surface area contributed by atoms with E-state index in [2.05, 4.69) is 41.8 Å². The molecular weight excluding hydrogens is 250 g/mol. The van der Waals surface area contributed by atoms with Crippen LogP contribution in [0.3, 0.4) is 0 Å². The third kappa shape index (κ3) is 3.07. The summed E-state index contributed by atoms with van der Waals surface area (Å²) in [5.41, 5.74) is -0.0679. The fourth-order valence-corrected chi connectivity index (χ4v) is 3.51. The van der Waals surface area contributed by atoms with E-state index in [-0.39, 0.29) is 11.6 Å². The summed E-state index contributed by atoms with van der Waals surface area (Å²) in [4.78, 5) is 4.65. The van der Waals surface area contributed by atoms with Crippen LogP contribution in [0, 0.1) is 0 Å². The first-order chi connectivity index (χ1) is 9.77. The molecule has 1 unspecified atom stereocenters. The van der Waals surface area contributed by atoms with Crippen molar-refractivity contribution in [2.24, 2.45) is 0 Å². The Morgan fingerprint density at radius 3 is 2.70 bits per heavy atom. The van der Waals surface area contributed by atoms with Gasteiger partial charge in [-0.15, -0.1) is 0 Å². The SMILES string of the molecule is CCCn1ccnc1C(NCC)C1(OCC)CCCC1. The molecule has 0 amide bonds. The van der Waals surface area contributed by atoms with E-state index in [0.717, 1.165) is 44.8 Å². The number of aryl methyl sites for hydroxylation is 1. The van der Waals surface area contributed by atoms with Crippen LogP contribution in [0.5, 0.6) is 0 Å². The van der Waals surface area contributed by atoms with Gasteiger partial charge in [-0.3, -0.25) is 0 Å². The van der Waals surface area contributed by atoms with Gasteiger partial charge in [-0.1, -0.05) is 26.7 Å². The van der Waals surface area contributed by atoms with Gasteiger partial charge in [0.25, 0.3) is 0 Å². The first kappa shape index (κ1) is 15.5. The summed E-state index contributed by atoms with van der Waals surface area (Å²) in [6.45, 7) is 9.21. The maximum atomic E-state index is 6.25. The second kappa shape index (κ2) is 7.23. The van der Waals surface area contributed by atoms with Crippen LogP contribution in [0.15, 0.2) is 12.4 Å². The average molecular weight is 279 g/mol. The molecule has 1 aliphatic carbocycles. The molecule has 1 aromatic heterocycles. The Balaban J connectivity index is 2.30. The van der Waals surface area contributed by atoms with Gasteiger partial charge in [-0.05, 0) is 32.7 Å². The quantitative estimate of drug-likeness (QED) is 0.793. The van der Waals surface area contributed by atoms with Gasteiger partial charge in [0, 0.05) is 25.5 Å². The van der Waals surface area contributed by atoms with Crippen molar-refractivity contribution in [3.8, 4) is 0 Å². The van der Waals surface area contributed by atoms with Crippen LogP contribution in [0.25, 0.3) is 0 Å². The average Bonchev–Trinajstić information content (AvgIpc) is 3.07. The van der Waals surface area contributed by atoms with Crippen molar-refractivity contribution in [2.45, 2.75) is 71.1 Å². The smallest absolute Gasteiger partial charge is 0.128 e. The van der Waals surface area contributed by atoms with Crippen molar-refractivity contribution in [3.63, 3.8) is 0 Å². The number of hydrogen-bond acceptors (Lipinski definition) is 3. The van der Waals surface area contributed by atoms with Crippen molar-refractivity contribution < 1.29 is 4.74 Å². The maximum Gasteiger partial charge on any atom is 0.128 e. The lowest BCUT2D eigenvalue weighted by Gasteiger charge is -2.37. The Kier molecular flexibility index (Phi) is 5.61. The lowest BCUT2D eigenvalue weighted by Crippen LogP contribution is -2.45. The van der Waals surface area contributed by atoms with Crippen molar-refractivity contribution in [1.82, 2.24) is 14.9 Å². The number of imidazole rings is 1. The maximum absolute atomic E-state index is 6.25. The molecule has 1 fully saturated rings. The molecule has 4 nitrogen and oxygen atoms in total. The Labute approximate surface area is 122 Å². The standard InChI is InChI=1S/C16H29N3O/c1-4-12-19-13-11-18-15(19)14(17-5-2)16(20-6-3)9-7-8-10-16/h11,13-14,17H,4-10,12H2,1-3H3. The van der Waals surface area contributed by atoms with Crippen LogP contribution >= 0.6 is 0 Å². The summed E-state index contributed by atoms with van der Waals surface area (Å²) >= 11 is 0. The van der Waals surface area contributed by atoms with Gasteiger partial charge in [0.05, 0.1) is 11.6 Å². The summed E-state index contributed by atoms with van der Waals surface area (Å²) in [6, 6.07) is 0.205. The molecular formula is C16H29N3O. The topological polar surface area (TPSA) is 39.1 Å². The highest BCUT2D eigenvalue weighted by Gasteiger charge is 2.44. The fourth-order valence-electron chi connectivity index (χ4n) is 3.51. The van der Waals surface area contributed by atoms with Gasteiger partial charge in [0.1, 0.15) is 5.82 Å². The zero-order valence-electron chi connectivity index (χ0n) is 13.2. The summed E-state index contributed by atoms with van der Waals surface area (Å²) in [5, 5.41) is 3.64. The second-order valence-corrected chi connectivity index (χ2v) is 5.67. The zero-order chi connectivity index (χ0) is 14.4. The molecule has 114 valence electrons. The molecule has 0 spiro atoms. The second-order valence-electron chi connectivity index (χ2n) is 5.67. The number of aromatic nitrogens is 2. The van der Waals surface area contributed by atoms with Gasteiger partial charge in [-0.2, -0.15) is 0 Å². The number of rotatable bonds is 8. The van der Waals surface area contributed by atoms with E-state index in [4.69, 9.17) is 4.74 Å². The van der Waals surface area contributed by atoms with Crippen LogP contribution in [-0.2, 0) is 11.3 Å². The van der Waals surface area contributed by atoms with E-state index in [1.165, 1.54) is 12.8 Å². The molecule has 20 heavy (non-hydrogen) atoms. The monoisotopic (exact) mass is 279 g/mol. The molecule has 2 rings (SSSR count). The lowest BCUT2D eigenvalue weighted by molar-refractivity contribution is -0.0649. The van der Waals surface area contributed by atoms with E-state index in [0.29, 0.717) is 0 Å². The van der Waals surface area contributed by atoms with Gasteiger partial charge in [0.2, 0.25) is 0 Å². The van der Waals surface area contributed by atoms with Crippen molar-refractivity contribution in [1.29, 1.82) is 0 Å². The zero-order valence-corrected chi connectivity index (χ0v) is 13.2. The normalized spacial score (nSPS) is 19.4. The van der Waals surface area contributed by atoms with Gasteiger partial charge in [0.15, 0.2) is 0 Å². The minimum atomic E-state index is -0.0679. The molecule has 1 aromatic rings. The molecule has 0 radical (unpaired) electrons. The molecule has 1 saturated carbocycles. The van der Waals surface area contributed by atoms with Gasteiger partial charge < -0.3 is 14.6 Å². The number of likely N-dealkylation sites (N-methyl/N-ethyl adjacent to an activating group) is 1. The molecule has 1 aliphatic rings. The van der Waals surface area contributed by atoms with E-state index in [1.54, 1.807) is 0 Å². The molecule has 1 heterocycles. The molecule has 0 saturated heterocycles. The minimum absolute atomic E-state index is 0.0679. The predicted octanol–water partition coefficient (Wildman–Crippen LogP) is 3.29. The first-order valence-corrected chi connectivity index (χ1v) is 8.15. The van der Waals surface area contributed by atoms with Gasteiger partial charge in [-0.25, -0.2) is 4.98 Å². The summed E-state index contributed by atoms with van der Waals surface area (Å²) in [5.74, 6) is 1.14. The van der Waals surface area contributed by atoms with E-state index >= 15 is 0 Å². The van der Waals surface area contributed by atoms with Crippen LogP contribution in [0.1, 0.15) is 64.7 Å². The van der Waals surface area contributed by atoms with E-state index < -0.39 is 0 Å². The number of nitrogens with zero attached hydrogens (tertiary/aromatic N) is 2. The van der Waals surface area contributed by atoms with Crippen molar-refractivity contribution in [2.75, 3.05) is 13.2 Å². The Morgan fingerprint density at radius 2 is 2.10 bits per heavy atom. The van der Waals surface area contributed by atoms with Crippen LogP contribution < -0.4 is 5.32 Å². The van der Waals surface area contributed by atoms with Gasteiger partial charge >= 0.3 is 0 Å². The third-order valence-corrected chi connectivity index (χ3v) is 4.29. The Morgan fingerprint density at radius 1 is 1.35 bits per heavy atom. The minimum Gasteiger partial charge on any atom is -0.373 e. The molecule has 1 N–H and O–H groups in total. The summed E-state index contributed by atoms with van der Waals surface area (Å²) in [7, 11) is 0. The van der Waals surface area contributed by atoms with E-state index in [1.807, 2.05) is 6.20 Å². The summed E-state index contributed by atoms with van der Waals surface area (Å²) < 4.78 is 8.53. The van der Waals surface area contributed by atoms with Crippen LogP contribution in [-0.4, -0.2) is 28.3 Å². The highest BCUT2D eigenvalue weighted by Crippen LogP contribution is 2.42. The lowest BCUT2D eigenvalue weighted by atomic mass is 9.90. The fraction of sp³-hybridized carbons (Fsp3) is 0.812. The van der Waals surface area contributed by atoms with E-state index in [9.17, 15) is 0 Å². The van der Waals surface area contributed by atoms with Crippen LogP contribution in [0.4, 0.5) is 0 Å². The number of nitrogens with one attached hydrogen (secondary N) is 1. The summed E-state index contributed by atoms with van der Waals surface area (Å²) in [6.07, 6.45) is 9.94.